The van der Waals surface area contributed by atoms with Crippen LogP contribution in [-0.2, 0) is 13.6 Å². The molecule has 0 radical (unpaired) electrons. The van der Waals surface area contributed by atoms with Gasteiger partial charge >= 0.3 is 0 Å². The molecule has 1 aromatic carbocycles. The molecule has 2 rings (SSSR count). The van der Waals surface area contributed by atoms with Crippen molar-refractivity contribution in [2.75, 3.05) is 0 Å². The minimum Gasteiger partial charge on any atom is -0.312 e. The molecule has 80 valence electrons. The number of H-pyrrole nitrogens is 1. The second-order valence-corrected chi connectivity index (χ2v) is 3.81. The molecule has 4 nitrogen and oxygen atoms in total. The molecule has 2 aromatic rings. The van der Waals surface area contributed by atoms with Gasteiger partial charge in [-0.15, -0.1) is 0 Å². The highest BCUT2D eigenvalue weighted by Gasteiger charge is 2.05. The fraction of sp³-hybridized carbons (Fsp3) is 0.182. The highest BCUT2D eigenvalue weighted by Crippen LogP contribution is 2.17. The Kier molecular flexibility index (Phi) is 2.84. The van der Waals surface area contributed by atoms with Gasteiger partial charge < -0.3 is 9.41 Å². The predicted octanol–water partition coefficient (Wildman–Crippen LogP) is 2.56. The SMILES string of the molecule is [C-]#[N+]Cc1ccc(-c2n[nH]c(=S)n2C)cc1. The number of hydrogen-bond acceptors (Lipinski definition) is 2. The molecule has 1 heterocycles. The number of aromatic amines is 1. The minimum absolute atomic E-state index is 0.416. The summed E-state index contributed by atoms with van der Waals surface area (Å²) in [6, 6.07) is 7.77. The molecular weight excluding hydrogens is 220 g/mol. The monoisotopic (exact) mass is 230 g/mol. The number of nitrogens with zero attached hydrogens (tertiary/aromatic N) is 3. The summed E-state index contributed by atoms with van der Waals surface area (Å²) in [5.74, 6) is 0.805. The Hall–Kier alpha value is -1.93. The predicted molar refractivity (Wildman–Crippen MR) is 64.1 cm³/mol. The number of nitrogens with one attached hydrogen (secondary N) is 1. The van der Waals surface area contributed by atoms with Crippen molar-refractivity contribution in [1.82, 2.24) is 14.8 Å². The minimum atomic E-state index is 0.416. The van der Waals surface area contributed by atoms with Gasteiger partial charge in [0, 0.05) is 18.2 Å². The van der Waals surface area contributed by atoms with E-state index < -0.39 is 0 Å². The van der Waals surface area contributed by atoms with Crippen molar-refractivity contribution in [3.63, 3.8) is 0 Å². The van der Waals surface area contributed by atoms with Gasteiger partial charge in [-0.3, -0.25) is 5.10 Å². The molecule has 1 aromatic heterocycles. The van der Waals surface area contributed by atoms with Crippen molar-refractivity contribution in [1.29, 1.82) is 0 Å². The van der Waals surface area contributed by atoms with Crippen LogP contribution in [0.2, 0.25) is 0 Å². The van der Waals surface area contributed by atoms with E-state index in [-0.39, 0.29) is 0 Å². The first-order valence-corrected chi connectivity index (χ1v) is 5.17. The zero-order valence-electron chi connectivity index (χ0n) is 8.77. The zero-order valence-corrected chi connectivity index (χ0v) is 9.58. The van der Waals surface area contributed by atoms with Crippen LogP contribution in [0.5, 0.6) is 0 Å². The lowest BCUT2D eigenvalue weighted by Crippen LogP contribution is -1.92. The maximum atomic E-state index is 6.79. The second kappa shape index (κ2) is 4.29. The van der Waals surface area contributed by atoms with Crippen molar-refractivity contribution in [3.05, 3.63) is 46.0 Å². The third kappa shape index (κ3) is 1.88. The van der Waals surface area contributed by atoms with Crippen LogP contribution in [0.4, 0.5) is 0 Å². The second-order valence-electron chi connectivity index (χ2n) is 3.42. The summed E-state index contributed by atoms with van der Waals surface area (Å²) in [6.45, 7) is 7.20. The van der Waals surface area contributed by atoms with E-state index in [1.54, 1.807) is 0 Å². The smallest absolute Gasteiger partial charge is 0.239 e. The van der Waals surface area contributed by atoms with E-state index in [0.717, 1.165) is 17.0 Å². The highest BCUT2D eigenvalue weighted by molar-refractivity contribution is 7.71. The van der Waals surface area contributed by atoms with Gasteiger partial charge in [0.2, 0.25) is 6.54 Å². The van der Waals surface area contributed by atoms with Crippen LogP contribution in [0, 0.1) is 11.3 Å². The molecule has 0 amide bonds. The van der Waals surface area contributed by atoms with Crippen LogP contribution in [0.3, 0.4) is 0 Å². The van der Waals surface area contributed by atoms with Gasteiger partial charge in [-0.05, 0) is 12.2 Å². The average Bonchev–Trinajstić information content (AvgIpc) is 2.62. The average molecular weight is 230 g/mol. The van der Waals surface area contributed by atoms with E-state index in [9.17, 15) is 0 Å². The van der Waals surface area contributed by atoms with Crippen LogP contribution in [0.25, 0.3) is 16.2 Å². The molecule has 0 saturated heterocycles. The van der Waals surface area contributed by atoms with Crippen molar-refractivity contribution in [2.24, 2.45) is 7.05 Å². The molecule has 0 atom stereocenters. The Morgan fingerprint density at radius 1 is 1.44 bits per heavy atom. The van der Waals surface area contributed by atoms with Crippen molar-refractivity contribution < 1.29 is 0 Å². The molecule has 16 heavy (non-hydrogen) atoms. The summed E-state index contributed by atoms with van der Waals surface area (Å²) in [5.41, 5.74) is 2.00. The highest BCUT2D eigenvalue weighted by atomic mass is 32.1. The molecule has 0 spiro atoms. The Morgan fingerprint density at radius 2 is 2.12 bits per heavy atom. The van der Waals surface area contributed by atoms with E-state index in [1.807, 2.05) is 35.9 Å². The molecule has 1 N–H and O–H groups in total. The van der Waals surface area contributed by atoms with Gasteiger partial charge in [-0.25, -0.2) is 6.57 Å². The third-order valence-electron chi connectivity index (χ3n) is 2.35. The first-order valence-electron chi connectivity index (χ1n) is 4.76. The summed E-state index contributed by atoms with van der Waals surface area (Å²) in [4.78, 5) is 3.34. The molecule has 0 bridgehead atoms. The van der Waals surface area contributed by atoms with Gasteiger partial charge in [0.15, 0.2) is 10.6 Å². The van der Waals surface area contributed by atoms with Crippen LogP contribution in [0.15, 0.2) is 24.3 Å². The molecule has 0 unspecified atom stereocenters. The molecule has 0 aliphatic heterocycles. The van der Waals surface area contributed by atoms with E-state index >= 15 is 0 Å². The van der Waals surface area contributed by atoms with Crippen molar-refractivity contribution in [2.45, 2.75) is 6.54 Å². The molecule has 5 heteroatoms. The lowest BCUT2D eigenvalue weighted by Gasteiger charge is -2.00. The van der Waals surface area contributed by atoms with Crippen LogP contribution in [0.1, 0.15) is 5.56 Å². The largest absolute Gasteiger partial charge is 0.312 e. The number of aromatic nitrogens is 3. The van der Waals surface area contributed by atoms with Crippen LogP contribution >= 0.6 is 12.2 Å². The number of rotatable bonds is 2. The first-order chi connectivity index (χ1) is 7.72. The maximum absolute atomic E-state index is 6.79. The first kappa shape index (κ1) is 10.6. The van der Waals surface area contributed by atoms with Crippen LogP contribution < -0.4 is 0 Å². The third-order valence-corrected chi connectivity index (χ3v) is 2.72. The van der Waals surface area contributed by atoms with E-state index in [2.05, 4.69) is 15.0 Å². The van der Waals surface area contributed by atoms with Gasteiger partial charge in [0.1, 0.15) is 0 Å². The van der Waals surface area contributed by atoms with Crippen molar-refractivity contribution >= 4 is 12.2 Å². The van der Waals surface area contributed by atoms with Gasteiger partial charge in [-0.2, -0.15) is 5.10 Å². The summed E-state index contributed by atoms with van der Waals surface area (Å²) in [6.07, 6.45) is 0. The Labute approximate surface area is 98.4 Å². The van der Waals surface area contributed by atoms with E-state index in [4.69, 9.17) is 18.8 Å². The summed E-state index contributed by atoms with van der Waals surface area (Å²) < 4.78 is 2.42. The topological polar surface area (TPSA) is 38.0 Å². The Morgan fingerprint density at radius 3 is 2.62 bits per heavy atom. The fourth-order valence-corrected chi connectivity index (χ4v) is 1.59. The zero-order chi connectivity index (χ0) is 11.5. The molecule has 0 saturated carbocycles. The van der Waals surface area contributed by atoms with Crippen molar-refractivity contribution in [3.8, 4) is 11.4 Å². The lowest BCUT2D eigenvalue weighted by atomic mass is 10.1. The van der Waals surface area contributed by atoms with E-state index in [0.29, 0.717) is 11.3 Å². The standard InChI is InChI=1S/C11H10N4S/c1-12-7-8-3-5-9(6-4-8)10-13-14-11(16)15(10)2/h3-6H,7H2,2H3,(H,14,16). The summed E-state index contributed by atoms with van der Waals surface area (Å²) >= 11 is 5.05. The maximum Gasteiger partial charge on any atom is 0.239 e. The lowest BCUT2D eigenvalue weighted by molar-refractivity contribution is 0.902. The fourth-order valence-electron chi connectivity index (χ4n) is 1.46. The number of hydrogen-bond donors (Lipinski definition) is 1. The molecule has 0 aliphatic carbocycles. The Bertz CT molecular complexity index is 586. The normalized spacial score (nSPS) is 10.0. The quantitative estimate of drug-likeness (QED) is 0.636. The molecule has 0 aliphatic rings. The molecular formula is C11H10N4S. The van der Waals surface area contributed by atoms with E-state index in [1.165, 1.54) is 0 Å². The van der Waals surface area contributed by atoms with Crippen LogP contribution in [-0.4, -0.2) is 14.8 Å². The number of benzene rings is 1. The molecule has 0 fully saturated rings. The summed E-state index contributed by atoms with van der Waals surface area (Å²) in [7, 11) is 1.87. The van der Waals surface area contributed by atoms with Gasteiger partial charge in [0.25, 0.3) is 0 Å². The summed E-state index contributed by atoms with van der Waals surface area (Å²) in [5, 5.41) is 6.89. The Balaban J connectivity index is 2.39. The van der Waals surface area contributed by atoms with Gasteiger partial charge in [-0.1, -0.05) is 24.3 Å². The van der Waals surface area contributed by atoms with Gasteiger partial charge in [0.05, 0.1) is 0 Å².